The quantitative estimate of drug-likeness (QED) is 0.0389. The van der Waals surface area contributed by atoms with Crippen LogP contribution in [-0.2, 0) is 61.9 Å². The topological polar surface area (TPSA) is 397 Å². The minimum atomic E-state index is -1.24. The van der Waals surface area contributed by atoms with Crippen LogP contribution in [0.1, 0.15) is 207 Å². The molecule has 3 rings (SSSR count). The molecule has 0 aromatic carbocycles. The summed E-state index contributed by atoms with van der Waals surface area (Å²) in [6.07, 6.45) is 4.47. The molecule has 0 aromatic rings. The highest BCUT2D eigenvalue weighted by atomic mass is 16.7. The monoisotopic (exact) mass is 1320 g/mol. The average molecular weight is 1320 g/mol. The second-order valence-corrected chi connectivity index (χ2v) is 25.6. The lowest BCUT2D eigenvalue weighted by molar-refractivity contribution is -0.282. The summed E-state index contributed by atoms with van der Waals surface area (Å²) in [7, 11) is 1.69. The van der Waals surface area contributed by atoms with Gasteiger partial charge in [-0.15, -0.1) is 0 Å². The maximum Gasteiger partial charge on any atom is 0.223 e. The van der Waals surface area contributed by atoms with E-state index in [9.17, 15) is 74.7 Å². The number of hydrogen-bond acceptors (Lipinski definition) is 22. The summed E-state index contributed by atoms with van der Waals surface area (Å²) in [5.74, 6) is -3.25. The highest BCUT2D eigenvalue weighted by Crippen LogP contribution is 2.30. The predicted molar refractivity (Wildman–Crippen MR) is 339 cm³/mol. The van der Waals surface area contributed by atoms with Crippen LogP contribution in [0.4, 0.5) is 0 Å². The van der Waals surface area contributed by atoms with Crippen LogP contribution in [0.2, 0.25) is 0 Å². The lowest BCUT2D eigenvalue weighted by Gasteiger charge is -2.40. The molecule has 4 amide bonds. The number of unbranched alkanes of at least 4 members (excludes halogenated alkanes) is 14. The van der Waals surface area contributed by atoms with Crippen molar-refractivity contribution in [3.05, 3.63) is 0 Å². The van der Waals surface area contributed by atoms with Gasteiger partial charge in [0, 0.05) is 115 Å². The van der Waals surface area contributed by atoms with Gasteiger partial charge in [0.15, 0.2) is 24.7 Å². The van der Waals surface area contributed by atoms with Gasteiger partial charge in [-0.05, 0) is 96.3 Å². The number of Topliss-reactive ketones (excluding diaryl/α,β-unsaturated/α-hetero) is 2. The molecule has 536 valence electrons. The smallest absolute Gasteiger partial charge is 0.223 e. The molecular weight excluding hydrogens is 1200 g/mol. The van der Waals surface area contributed by atoms with Crippen molar-refractivity contribution in [2.24, 2.45) is 23.7 Å². The molecule has 0 bridgehead atoms. The first-order valence-electron chi connectivity index (χ1n) is 34.6. The van der Waals surface area contributed by atoms with Gasteiger partial charge < -0.3 is 100 Å². The fourth-order valence-corrected chi connectivity index (χ4v) is 11.6. The Labute approximate surface area is 546 Å². The Morgan fingerprint density at radius 3 is 1.18 bits per heavy atom. The first kappa shape index (κ1) is 82.8. The number of amides is 4. The summed E-state index contributed by atoms with van der Waals surface area (Å²) in [4.78, 5) is 80.1. The van der Waals surface area contributed by atoms with Crippen molar-refractivity contribution < 1.29 is 108 Å². The molecule has 92 heavy (non-hydrogen) atoms. The largest absolute Gasteiger partial charge is 0.394 e. The van der Waals surface area contributed by atoms with Crippen molar-refractivity contribution in [2.75, 3.05) is 73.0 Å². The van der Waals surface area contributed by atoms with E-state index in [-0.39, 0.29) is 73.9 Å². The minimum absolute atomic E-state index is 0.107. The highest BCUT2D eigenvalue weighted by molar-refractivity contribution is 5.92. The van der Waals surface area contributed by atoms with Gasteiger partial charge in [-0.3, -0.25) is 28.8 Å². The molecule has 26 heteroatoms. The molecule has 0 radical (unpaired) electrons. The molecule has 3 saturated heterocycles. The van der Waals surface area contributed by atoms with E-state index in [4.69, 9.17) is 33.2 Å². The molecular formula is C66H120N4O22. The molecule has 3 heterocycles. The van der Waals surface area contributed by atoms with Gasteiger partial charge in [-0.2, -0.15) is 0 Å². The number of carbonyl (C=O) groups excluding carboxylic acids is 6. The van der Waals surface area contributed by atoms with Crippen molar-refractivity contribution in [1.29, 1.82) is 0 Å². The van der Waals surface area contributed by atoms with Crippen LogP contribution in [0.25, 0.3) is 0 Å². The molecule has 0 aliphatic carbocycles. The van der Waals surface area contributed by atoms with Crippen LogP contribution in [0.3, 0.4) is 0 Å². The number of hydrogen-bond donors (Lipinski definition) is 13. The van der Waals surface area contributed by atoms with Gasteiger partial charge in [0.25, 0.3) is 0 Å². The predicted octanol–water partition coefficient (Wildman–Crippen LogP) is 2.81. The molecule has 8 unspecified atom stereocenters. The SMILES string of the molecule is COCCCCCCCC(=O)CCCCCNC(=O)C(CCCCNC(=O)CCCCCO[C@@H]1OC(CO)[C@H](O)[C@H](O)C1C)CC(=O)C(CCCCNC(=O)CCCCCO[C@@H]1OC(CO)[C@H](O)[C@H](O)C1C)NC(=O)CCCCCO[C@@H]1OC(CO)[C@H](O)[C@H](O)C1C. The summed E-state index contributed by atoms with van der Waals surface area (Å²) >= 11 is 0. The first-order valence-corrected chi connectivity index (χ1v) is 34.6. The van der Waals surface area contributed by atoms with Crippen LogP contribution >= 0.6 is 0 Å². The number of aliphatic hydroxyl groups excluding tert-OH is 9. The highest BCUT2D eigenvalue weighted by Gasteiger charge is 2.45. The maximum absolute atomic E-state index is 14.4. The molecule has 0 spiro atoms. The normalized spacial score (nSPS) is 27.2. The number of nitrogens with one attached hydrogen (secondary N) is 4. The zero-order valence-corrected chi connectivity index (χ0v) is 55.7. The van der Waals surface area contributed by atoms with E-state index < -0.39 is 123 Å². The van der Waals surface area contributed by atoms with Crippen LogP contribution in [-0.4, -0.2) is 234 Å². The lowest BCUT2D eigenvalue weighted by Crippen LogP contribution is -2.55. The van der Waals surface area contributed by atoms with Gasteiger partial charge in [0.1, 0.15) is 42.4 Å². The number of rotatable bonds is 53. The molecule has 0 aromatic heterocycles. The zero-order valence-electron chi connectivity index (χ0n) is 55.7. The fraction of sp³-hybridized carbons (Fsp3) is 0.909. The third-order valence-electron chi connectivity index (χ3n) is 17.9. The minimum Gasteiger partial charge on any atom is -0.394 e. The molecule has 3 aliphatic rings. The van der Waals surface area contributed by atoms with Crippen LogP contribution in [0, 0.1) is 23.7 Å². The van der Waals surface area contributed by atoms with Gasteiger partial charge in [-0.1, -0.05) is 72.1 Å². The number of ketones is 2. The third kappa shape index (κ3) is 32.5. The van der Waals surface area contributed by atoms with Crippen LogP contribution in [0.5, 0.6) is 0 Å². The second kappa shape index (κ2) is 49.1. The molecule has 0 saturated carbocycles. The number of carbonyl (C=O) groups is 6. The Morgan fingerprint density at radius 2 is 0.750 bits per heavy atom. The maximum atomic E-state index is 14.4. The Morgan fingerprint density at radius 1 is 0.402 bits per heavy atom. The molecule has 13 N–H and O–H groups in total. The van der Waals surface area contributed by atoms with Gasteiger partial charge in [0.2, 0.25) is 23.6 Å². The first-order chi connectivity index (χ1) is 44.3. The van der Waals surface area contributed by atoms with Gasteiger partial charge >= 0.3 is 0 Å². The Hall–Kier alpha value is -3.42. The van der Waals surface area contributed by atoms with E-state index in [1.54, 1.807) is 27.9 Å². The van der Waals surface area contributed by atoms with Crippen molar-refractivity contribution >= 4 is 35.2 Å². The van der Waals surface area contributed by atoms with Crippen molar-refractivity contribution in [3.63, 3.8) is 0 Å². The molecule has 26 nitrogen and oxygen atoms in total. The number of aliphatic hydroxyl groups is 9. The Bertz CT molecular complexity index is 2010. The van der Waals surface area contributed by atoms with Gasteiger partial charge in [0.05, 0.1) is 44.2 Å². The van der Waals surface area contributed by atoms with Gasteiger partial charge in [-0.25, -0.2) is 0 Å². The third-order valence-corrected chi connectivity index (χ3v) is 17.9. The molecule has 17 atom stereocenters. The summed E-state index contributed by atoms with van der Waals surface area (Å²) in [6, 6.07) is -0.918. The summed E-state index contributed by atoms with van der Waals surface area (Å²) in [5, 5.41) is 102. The van der Waals surface area contributed by atoms with Crippen LogP contribution < -0.4 is 21.3 Å². The van der Waals surface area contributed by atoms with Crippen molar-refractivity contribution in [2.45, 2.75) is 287 Å². The molecule has 3 aliphatic heterocycles. The van der Waals surface area contributed by atoms with Crippen molar-refractivity contribution in [3.8, 4) is 0 Å². The molecule has 3 fully saturated rings. The van der Waals surface area contributed by atoms with E-state index in [1.165, 1.54) is 0 Å². The number of ether oxygens (including phenoxy) is 7. The van der Waals surface area contributed by atoms with E-state index in [2.05, 4.69) is 21.3 Å². The summed E-state index contributed by atoms with van der Waals surface area (Å²) in [6.45, 7) is 6.31. The van der Waals surface area contributed by atoms with E-state index in [0.29, 0.717) is 148 Å². The summed E-state index contributed by atoms with van der Waals surface area (Å²) < 4.78 is 39.4. The van der Waals surface area contributed by atoms with E-state index in [1.807, 2.05) is 0 Å². The Kier molecular flexibility index (Phi) is 44.2. The second-order valence-electron chi connectivity index (χ2n) is 25.6. The zero-order chi connectivity index (χ0) is 67.6. The lowest BCUT2D eigenvalue weighted by atomic mass is 9.91. The Balaban J connectivity index is 1.55. The fourth-order valence-electron chi connectivity index (χ4n) is 11.6. The summed E-state index contributed by atoms with van der Waals surface area (Å²) in [5.41, 5.74) is 0. The average Bonchev–Trinajstić information content (AvgIpc) is 0.943. The standard InChI is InChI=1S/C66H120N4O22/c1-44-57(79)60(82)51(41-71)90-64(44)87-37-23-9-14-30-54(76)67-33-20-17-26-47(63(85)69-35-19-8-13-28-48(74)27-12-6-5-7-22-36-86-4)40-50(75)49(70-56(78)32-16-11-25-39-89-66-46(3)59(81)62(84)53(43-73)92-66)29-18-21-34-68-55(77)31-15-10-24-38-88-65-45(2)58(80)61(83)52(42-72)91-65/h44-47,49,51-53,57-62,64-66,71-73,79-84H,5-43H2,1-4H3,(H,67,76)(H,68,77)(H,69,85)(H,70,78)/t44?,45?,46?,47?,49?,51?,52?,53?,57-,58-,59-,60+,61+,62+,64-,65-,66-/m1/s1. The van der Waals surface area contributed by atoms with Crippen LogP contribution in [0.15, 0.2) is 0 Å². The number of methoxy groups -OCH3 is 1. The van der Waals surface area contributed by atoms with E-state index >= 15 is 0 Å². The van der Waals surface area contributed by atoms with Crippen molar-refractivity contribution in [1.82, 2.24) is 21.3 Å². The van der Waals surface area contributed by atoms with E-state index in [0.717, 1.165) is 45.1 Å².